The van der Waals surface area contributed by atoms with Gasteiger partial charge in [0.2, 0.25) is 5.91 Å². The highest BCUT2D eigenvalue weighted by Gasteiger charge is 2.27. The minimum Gasteiger partial charge on any atom is -0.487 e. The zero-order valence-corrected chi connectivity index (χ0v) is 16.1. The van der Waals surface area contributed by atoms with Crippen LogP contribution in [0.3, 0.4) is 0 Å². The quantitative estimate of drug-likeness (QED) is 0.895. The summed E-state index contributed by atoms with van der Waals surface area (Å²) in [5.41, 5.74) is 2.92. The number of aryl methyl sites for hydroxylation is 2. The van der Waals surface area contributed by atoms with Crippen molar-refractivity contribution < 1.29 is 17.9 Å². The lowest BCUT2D eigenvalue weighted by Crippen LogP contribution is -2.41. The highest BCUT2D eigenvalue weighted by Crippen LogP contribution is 2.36. The normalized spacial score (nSPS) is 16.6. The van der Waals surface area contributed by atoms with Crippen LogP contribution in [0.5, 0.6) is 5.75 Å². The summed E-state index contributed by atoms with van der Waals surface area (Å²) in [4.78, 5) is 13.6. The van der Waals surface area contributed by atoms with Gasteiger partial charge in [0.1, 0.15) is 11.9 Å². The number of nitrogens with one attached hydrogen (secondary N) is 1. The average Bonchev–Trinajstić information content (AvgIpc) is 2.51. The first-order chi connectivity index (χ1) is 12.2. The predicted octanol–water partition coefficient (Wildman–Crippen LogP) is 3.24. The SMILES string of the molecule is CC(=O)N1C[C@@H](C)Oc2ccc(S(=O)(=O)Nc3cc(C)cc(C)c3)cc21. The molecule has 1 aliphatic rings. The van der Waals surface area contributed by atoms with E-state index in [1.54, 1.807) is 23.1 Å². The molecule has 3 rings (SSSR count). The van der Waals surface area contributed by atoms with Crippen molar-refractivity contribution in [3.8, 4) is 5.75 Å². The van der Waals surface area contributed by atoms with Crippen molar-refractivity contribution in [2.24, 2.45) is 0 Å². The van der Waals surface area contributed by atoms with Gasteiger partial charge in [-0.15, -0.1) is 0 Å². The van der Waals surface area contributed by atoms with Gasteiger partial charge in [0.15, 0.2) is 0 Å². The van der Waals surface area contributed by atoms with Crippen LogP contribution in [0, 0.1) is 13.8 Å². The molecule has 1 heterocycles. The number of sulfonamides is 1. The fraction of sp³-hybridized carbons (Fsp3) is 0.316. The van der Waals surface area contributed by atoms with Gasteiger partial charge in [-0.3, -0.25) is 9.52 Å². The number of amides is 1. The fourth-order valence-electron chi connectivity index (χ4n) is 3.13. The third-order valence-electron chi connectivity index (χ3n) is 4.15. The number of carbonyl (C=O) groups excluding carboxylic acids is 1. The fourth-order valence-corrected chi connectivity index (χ4v) is 4.19. The number of rotatable bonds is 3. The van der Waals surface area contributed by atoms with Crippen molar-refractivity contribution in [1.82, 2.24) is 0 Å². The molecule has 1 aliphatic heterocycles. The molecule has 0 saturated carbocycles. The van der Waals surface area contributed by atoms with E-state index in [1.807, 2.05) is 26.8 Å². The van der Waals surface area contributed by atoms with Gasteiger partial charge in [0.25, 0.3) is 10.0 Å². The molecule has 26 heavy (non-hydrogen) atoms. The zero-order valence-electron chi connectivity index (χ0n) is 15.2. The van der Waals surface area contributed by atoms with E-state index < -0.39 is 10.0 Å². The molecule has 0 spiro atoms. The van der Waals surface area contributed by atoms with Crippen molar-refractivity contribution in [2.45, 2.75) is 38.7 Å². The van der Waals surface area contributed by atoms with Gasteiger partial charge in [0.05, 0.1) is 17.1 Å². The molecule has 0 radical (unpaired) electrons. The number of fused-ring (bicyclic) bond motifs is 1. The van der Waals surface area contributed by atoms with Crippen LogP contribution >= 0.6 is 0 Å². The van der Waals surface area contributed by atoms with Crippen molar-refractivity contribution in [2.75, 3.05) is 16.2 Å². The van der Waals surface area contributed by atoms with Crippen molar-refractivity contribution >= 4 is 27.3 Å². The maximum absolute atomic E-state index is 12.8. The van der Waals surface area contributed by atoms with Crippen LogP contribution in [-0.2, 0) is 14.8 Å². The summed E-state index contributed by atoms with van der Waals surface area (Å²) < 4.78 is 33.9. The summed E-state index contributed by atoms with van der Waals surface area (Å²) in [6, 6.07) is 10.1. The van der Waals surface area contributed by atoms with Crippen LogP contribution in [0.25, 0.3) is 0 Å². The van der Waals surface area contributed by atoms with Crippen LogP contribution in [0.4, 0.5) is 11.4 Å². The minimum absolute atomic E-state index is 0.0832. The first-order valence-corrected chi connectivity index (χ1v) is 9.84. The van der Waals surface area contributed by atoms with Gasteiger partial charge in [-0.2, -0.15) is 0 Å². The van der Waals surface area contributed by atoms with E-state index in [4.69, 9.17) is 4.74 Å². The number of hydrogen-bond acceptors (Lipinski definition) is 4. The standard InChI is InChI=1S/C19H22N2O4S/c1-12-7-13(2)9-16(8-12)20-26(23,24)17-5-6-19-18(10-17)21(15(4)22)11-14(3)25-19/h5-10,14,20H,11H2,1-4H3/t14-/m1/s1. The zero-order chi connectivity index (χ0) is 19.1. The van der Waals surface area contributed by atoms with E-state index in [9.17, 15) is 13.2 Å². The molecule has 0 bridgehead atoms. The molecule has 2 aromatic rings. The van der Waals surface area contributed by atoms with Gasteiger partial charge >= 0.3 is 0 Å². The van der Waals surface area contributed by atoms with E-state index in [-0.39, 0.29) is 16.9 Å². The Morgan fingerprint density at radius 1 is 1.15 bits per heavy atom. The Bertz CT molecular complexity index is 949. The number of carbonyl (C=O) groups is 1. The Kier molecular flexibility index (Phi) is 4.66. The van der Waals surface area contributed by atoms with Crippen molar-refractivity contribution in [1.29, 1.82) is 0 Å². The second-order valence-electron chi connectivity index (χ2n) is 6.67. The van der Waals surface area contributed by atoms with E-state index in [0.717, 1.165) is 11.1 Å². The Morgan fingerprint density at radius 3 is 2.42 bits per heavy atom. The third-order valence-corrected chi connectivity index (χ3v) is 5.53. The molecule has 0 unspecified atom stereocenters. The number of ether oxygens (including phenoxy) is 1. The van der Waals surface area contributed by atoms with E-state index >= 15 is 0 Å². The van der Waals surface area contributed by atoms with Gasteiger partial charge < -0.3 is 9.64 Å². The number of hydrogen-bond donors (Lipinski definition) is 1. The lowest BCUT2D eigenvalue weighted by atomic mass is 10.1. The maximum Gasteiger partial charge on any atom is 0.261 e. The summed E-state index contributed by atoms with van der Waals surface area (Å²) in [5.74, 6) is 0.350. The number of nitrogens with zero attached hydrogens (tertiary/aromatic N) is 1. The molecular formula is C19H22N2O4S. The summed E-state index contributed by atoms with van der Waals surface area (Å²) in [6.07, 6.45) is -0.151. The van der Waals surface area contributed by atoms with E-state index in [2.05, 4.69) is 4.72 Å². The molecule has 138 valence electrons. The molecule has 0 aliphatic carbocycles. The Morgan fingerprint density at radius 2 is 1.81 bits per heavy atom. The predicted molar refractivity (Wildman–Crippen MR) is 101 cm³/mol. The minimum atomic E-state index is -3.79. The van der Waals surface area contributed by atoms with Crippen molar-refractivity contribution in [3.63, 3.8) is 0 Å². The van der Waals surface area contributed by atoms with Crippen LogP contribution in [0.1, 0.15) is 25.0 Å². The largest absolute Gasteiger partial charge is 0.487 e. The number of anilines is 2. The Hall–Kier alpha value is -2.54. The summed E-state index contributed by atoms with van der Waals surface area (Å²) in [7, 11) is -3.79. The molecule has 1 N–H and O–H groups in total. The number of benzene rings is 2. The van der Waals surface area contributed by atoms with Crippen molar-refractivity contribution in [3.05, 3.63) is 47.5 Å². The molecule has 2 aromatic carbocycles. The molecule has 6 nitrogen and oxygen atoms in total. The second-order valence-corrected chi connectivity index (χ2v) is 8.35. The van der Waals surface area contributed by atoms with Crippen LogP contribution in [-0.4, -0.2) is 27.0 Å². The Labute approximate surface area is 153 Å². The summed E-state index contributed by atoms with van der Waals surface area (Å²) >= 11 is 0. The van der Waals surface area contributed by atoms with Crippen LogP contribution < -0.4 is 14.4 Å². The van der Waals surface area contributed by atoms with E-state index in [0.29, 0.717) is 23.7 Å². The van der Waals surface area contributed by atoms with Crippen LogP contribution in [0.2, 0.25) is 0 Å². The smallest absolute Gasteiger partial charge is 0.261 e. The molecule has 1 atom stereocenters. The second kappa shape index (κ2) is 6.64. The monoisotopic (exact) mass is 374 g/mol. The first kappa shape index (κ1) is 18.3. The van der Waals surface area contributed by atoms with Gasteiger partial charge in [-0.05, 0) is 62.2 Å². The molecule has 7 heteroatoms. The maximum atomic E-state index is 12.8. The van der Waals surface area contributed by atoms with Gasteiger partial charge in [-0.25, -0.2) is 8.42 Å². The summed E-state index contributed by atoms with van der Waals surface area (Å²) in [6.45, 7) is 7.53. The van der Waals surface area contributed by atoms with Gasteiger partial charge in [0, 0.05) is 12.6 Å². The molecule has 0 aromatic heterocycles. The summed E-state index contributed by atoms with van der Waals surface area (Å²) in [5, 5.41) is 0. The van der Waals surface area contributed by atoms with E-state index in [1.165, 1.54) is 19.1 Å². The lowest BCUT2D eigenvalue weighted by Gasteiger charge is -2.33. The Balaban J connectivity index is 1.98. The lowest BCUT2D eigenvalue weighted by molar-refractivity contribution is -0.117. The molecule has 0 fully saturated rings. The third kappa shape index (κ3) is 3.67. The highest BCUT2D eigenvalue weighted by molar-refractivity contribution is 7.92. The topological polar surface area (TPSA) is 75.7 Å². The highest BCUT2D eigenvalue weighted by atomic mass is 32.2. The first-order valence-electron chi connectivity index (χ1n) is 8.35. The molecule has 1 amide bonds. The molecular weight excluding hydrogens is 352 g/mol. The average molecular weight is 374 g/mol. The van der Waals surface area contributed by atoms with Gasteiger partial charge in [-0.1, -0.05) is 6.07 Å². The van der Waals surface area contributed by atoms with Crippen LogP contribution in [0.15, 0.2) is 41.3 Å². The molecule has 0 saturated heterocycles.